The van der Waals surface area contributed by atoms with Crippen molar-refractivity contribution in [3.8, 4) is 5.69 Å². The highest BCUT2D eigenvalue weighted by Crippen LogP contribution is 2.27. The second-order valence-electron chi connectivity index (χ2n) is 8.09. The Kier molecular flexibility index (Phi) is 6.63. The Balaban J connectivity index is 1.74. The number of nitrogens with zero attached hydrogens (tertiary/aromatic N) is 2. The zero-order valence-corrected chi connectivity index (χ0v) is 20.0. The second kappa shape index (κ2) is 9.65. The second-order valence-corrected chi connectivity index (χ2v) is 9.86. The number of nitro benzene ring substituents is 1. The van der Waals surface area contributed by atoms with Gasteiger partial charge in [0.25, 0.3) is 5.69 Å². The van der Waals surface area contributed by atoms with Gasteiger partial charge in [-0.2, -0.15) is 0 Å². The molecular formula is C26H23N3O5S. The summed E-state index contributed by atoms with van der Waals surface area (Å²) in [6.07, 6.45) is 0. The van der Waals surface area contributed by atoms with Crippen LogP contribution in [0.15, 0.2) is 89.8 Å². The minimum Gasteiger partial charge on any atom is -0.316 e. The quantitative estimate of drug-likeness (QED) is 0.219. The van der Waals surface area contributed by atoms with Crippen molar-refractivity contribution in [2.45, 2.75) is 25.3 Å². The summed E-state index contributed by atoms with van der Waals surface area (Å²) in [5.41, 5.74) is 3.02. The third-order valence-corrected chi connectivity index (χ3v) is 7.06. The maximum atomic E-state index is 13.3. The van der Waals surface area contributed by atoms with E-state index in [1.54, 1.807) is 59.2 Å². The van der Waals surface area contributed by atoms with Crippen molar-refractivity contribution in [3.05, 3.63) is 123 Å². The van der Waals surface area contributed by atoms with E-state index < -0.39 is 14.9 Å². The van der Waals surface area contributed by atoms with E-state index in [4.69, 9.17) is 0 Å². The summed E-state index contributed by atoms with van der Waals surface area (Å²) in [7, 11) is -3.77. The third kappa shape index (κ3) is 5.06. The first-order valence-electron chi connectivity index (χ1n) is 10.8. The SMILES string of the molecule is Cc1ccc(S(=O)(=O)NCc2ccc(C)n2-c2ccc([N+](=O)[O-])cc2C(=O)c2ccccc2)cc1. The molecule has 0 aliphatic heterocycles. The van der Waals surface area contributed by atoms with E-state index in [0.29, 0.717) is 16.9 Å². The van der Waals surface area contributed by atoms with E-state index in [9.17, 15) is 23.3 Å². The summed E-state index contributed by atoms with van der Waals surface area (Å²) in [5.74, 6) is -0.372. The lowest BCUT2D eigenvalue weighted by molar-refractivity contribution is -0.384. The number of ketones is 1. The third-order valence-electron chi connectivity index (χ3n) is 5.64. The molecule has 9 heteroatoms. The summed E-state index contributed by atoms with van der Waals surface area (Å²) in [4.78, 5) is 24.4. The monoisotopic (exact) mass is 489 g/mol. The molecule has 0 bridgehead atoms. The van der Waals surface area contributed by atoms with Crippen molar-refractivity contribution < 1.29 is 18.1 Å². The maximum absolute atomic E-state index is 13.3. The molecule has 1 aromatic heterocycles. The number of carbonyl (C=O) groups excluding carboxylic acids is 1. The van der Waals surface area contributed by atoms with Crippen LogP contribution in [0.2, 0.25) is 0 Å². The minimum absolute atomic E-state index is 0.0417. The number of aromatic nitrogens is 1. The molecule has 178 valence electrons. The number of hydrogen-bond donors (Lipinski definition) is 1. The lowest BCUT2D eigenvalue weighted by Gasteiger charge is -2.16. The average Bonchev–Trinajstić information content (AvgIpc) is 3.22. The molecular weight excluding hydrogens is 466 g/mol. The minimum atomic E-state index is -3.77. The lowest BCUT2D eigenvalue weighted by Crippen LogP contribution is -2.25. The van der Waals surface area contributed by atoms with Crippen LogP contribution in [0.25, 0.3) is 5.69 Å². The van der Waals surface area contributed by atoms with Gasteiger partial charge in [0.15, 0.2) is 5.78 Å². The highest BCUT2D eigenvalue weighted by Gasteiger charge is 2.22. The number of nitrogens with one attached hydrogen (secondary N) is 1. The predicted octanol–water partition coefficient (Wildman–Crippen LogP) is 4.71. The molecule has 35 heavy (non-hydrogen) atoms. The molecule has 8 nitrogen and oxygen atoms in total. The fourth-order valence-corrected chi connectivity index (χ4v) is 4.80. The van der Waals surface area contributed by atoms with Gasteiger partial charge in [-0.05, 0) is 44.2 Å². The van der Waals surface area contributed by atoms with Gasteiger partial charge in [0.1, 0.15) is 0 Å². The molecule has 1 N–H and O–H groups in total. The topological polar surface area (TPSA) is 111 Å². The number of carbonyl (C=O) groups is 1. The van der Waals surface area contributed by atoms with Crippen LogP contribution >= 0.6 is 0 Å². The van der Waals surface area contributed by atoms with Gasteiger partial charge in [0.05, 0.1) is 27.6 Å². The van der Waals surface area contributed by atoms with E-state index in [0.717, 1.165) is 11.3 Å². The maximum Gasteiger partial charge on any atom is 0.270 e. The molecule has 0 amide bonds. The number of hydrogen-bond acceptors (Lipinski definition) is 5. The molecule has 0 saturated carbocycles. The van der Waals surface area contributed by atoms with Crippen LogP contribution in [0.3, 0.4) is 0 Å². The molecule has 0 saturated heterocycles. The van der Waals surface area contributed by atoms with Gasteiger partial charge in [-0.1, -0.05) is 48.0 Å². The molecule has 0 fully saturated rings. The van der Waals surface area contributed by atoms with Crippen LogP contribution in [-0.4, -0.2) is 23.7 Å². The molecule has 0 aliphatic carbocycles. The van der Waals surface area contributed by atoms with Crippen molar-refractivity contribution in [2.75, 3.05) is 0 Å². The Morgan fingerprint density at radius 2 is 1.63 bits per heavy atom. The molecule has 0 aliphatic rings. The van der Waals surface area contributed by atoms with Gasteiger partial charge in [0, 0.05) is 29.1 Å². The molecule has 4 aromatic rings. The summed E-state index contributed by atoms with van der Waals surface area (Å²) in [6, 6.07) is 22.7. The summed E-state index contributed by atoms with van der Waals surface area (Å²) >= 11 is 0. The van der Waals surface area contributed by atoms with Crippen molar-refractivity contribution in [3.63, 3.8) is 0 Å². The first kappa shape index (κ1) is 24.1. The van der Waals surface area contributed by atoms with Gasteiger partial charge in [-0.15, -0.1) is 0 Å². The molecule has 4 rings (SSSR count). The van der Waals surface area contributed by atoms with Crippen LogP contribution in [0, 0.1) is 24.0 Å². The highest BCUT2D eigenvalue weighted by atomic mass is 32.2. The average molecular weight is 490 g/mol. The zero-order chi connectivity index (χ0) is 25.2. The highest BCUT2D eigenvalue weighted by molar-refractivity contribution is 7.89. The smallest absolute Gasteiger partial charge is 0.270 e. The molecule has 0 spiro atoms. The van der Waals surface area contributed by atoms with Gasteiger partial charge in [-0.3, -0.25) is 14.9 Å². The molecule has 0 unspecified atom stereocenters. The van der Waals surface area contributed by atoms with Gasteiger partial charge < -0.3 is 4.57 Å². The first-order chi connectivity index (χ1) is 16.7. The normalized spacial score (nSPS) is 11.4. The van der Waals surface area contributed by atoms with Crippen LogP contribution in [-0.2, 0) is 16.6 Å². The number of non-ortho nitro benzene ring substituents is 1. The van der Waals surface area contributed by atoms with Gasteiger partial charge >= 0.3 is 0 Å². The lowest BCUT2D eigenvalue weighted by atomic mass is 10.0. The van der Waals surface area contributed by atoms with E-state index in [1.807, 2.05) is 13.8 Å². The number of nitro groups is 1. The fraction of sp³-hybridized carbons (Fsp3) is 0.115. The van der Waals surface area contributed by atoms with Crippen molar-refractivity contribution in [1.82, 2.24) is 9.29 Å². The summed E-state index contributed by atoms with van der Waals surface area (Å²) in [6.45, 7) is 3.65. The van der Waals surface area contributed by atoms with E-state index >= 15 is 0 Å². The molecule has 0 radical (unpaired) electrons. The van der Waals surface area contributed by atoms with Gasteiger partial charge in [0.2, 0.25) is 10.0 Å². The Bertz CT molecular complexity index is 1510. The summed E-state index contributed by atoms with van der Waals surface area (Å²) < 4.78 is 29.9. The molecule has 1 heterocycles. The fourth-order valence-electron chi connectivity index (χ4n) is 3.80. The first-order valence-corrected chi connectivity index (χ1v) is 12.3. The number of rotatable bonds is 8. The van der Waals surface area contributed by atoms with E-state index in [2.05, 4.69) is 4.72 Å². The van der Waals surface area contributed by atoms with Gasteiger partial charge in [-0.25, -0.2) is 13.1 Å². The van der Waals surface area contributed by atoms with Crippen LogP contribution < -0.4 is 4.72 Å². The largest absolute Gasteiger partial charge is 0.316 e. The molecule has 0 atom stereocenters. The number of benzene rings is 3. The van der Waals surface area contributed by atoms with E-state index in [-0.39, 0.29) is 28.5 Å². The number of aryl methyl sites for hydroxylation is 2. The van der Waals surface area contributed by atoms with Crippen molar-refractivity contribution in [2.24, 2.45) is 0 Å². The number of sulfonamides is 1. The van der Waals surface area contributed by atoms with Crippen LogP contribution in [0.1, 0.15) is 32.9 Å². The van der Waals surface area contributed by atoms with Crippen molar-refractivity contribution in [1.29, 1.82) is 0 Å². The predicted molar refractivity (Wildman–Crippen MR) is 132 cm³/mol. The standard InChI is InChI=1S/C26H23N3O5S/c1-18-8-13-23(14-9-18)35(33,34)27-17-22-11-10-19(2)28(22)25-15-12-21(29(31)32)16-24(25)26(30)20-6-4-3-5-7-20/h3-16,27H,17H2,1-2H3. The van der Waals surface area contributed by atoms with E-state index in [1.165, 1.54) is 30.3 Å². The Hall–Kier alpha value is -4.08. The molecule has 3 aromatic carbocycles. The Morgan fingerprint density at radius 1 is 0.943 bits per heavy atom. The summed E-state index contributed by atoms with van der Waals surface area (Å²) in [5, 5.41) is 11.4. The zero-order valence-electron chi connectivity index (χ0n) is 19.1. The van der Waals surface area contributed by atoms with Crippen LogP contribution in [0.4, 0.5) is 5.69 Å². The Morgan fingerprint density at radius 3 is 2.29 bits per heavy atom. The van der Waals surface area contributed by atoms with Crippen LogP contribution in [0.5, 0.6) is 0 Å². The Labute approximate surface area is 203 Å². The van der Waals surface area contributed by atoms with Crippen molar-refractivity contribution >= 4 is 21.5 Å².